The van der Waals surface area contributed by atoms with E-state index in [1.807, 2.05) is 39.9 Å². The highest BCUT2D eigenvalue weighted by atomic mass is 32.1. The normalized spacial score (nSPS) is 17.2. The van der Waals surface area contributed by atoms with E-state index in [-0.39, 0.29) is 5.91 Å². The molecule has 2 aromatic heterocycles. The Bertz CT molecular complexity index is 861. The summed E-state index contributed by atoms with van der Waals surface area (Å²) in [4.78, 5) is 19.1. The number of nitrogens with zero attached hydrogens (tertiary/aromatic N) is 3. The standard InChI is InChI=1S/C21H23N3O2S/c25-20(9-8-16-5-2-1-3-6-16)24-11-4-7-17(14-24)13-19-22-21(23-26-19)18-10-12-27-15-18/h1-3,5-6,10,12,15,17H,4,7-9,11,13-14H2. The van der Waals surface area contributed by atoms with Crippen LogP contribution in [0.5, 0.6) is 0 Å². The molecule has 0 spiro atoms. The van der Waals surface area contributed by atoms with E-state index in [0.717, 1.165) is 44.3 Å². The number of aryl methyl sites for hydroxylation is 1. The van der Waals surface area contributed by atoms with Crippen molar-refractivity contribution in [3.8, 4) is 11.4 Å². The molecule has 0 radical (unpaired) electrons. The van der Waals surface area contributed by atoms with Crippen LogP contribution >= 0.6 is 11.3 Å². The van der Waals surface area contributed by atoms with Crippen LogP contribution in [0.1, 0.15) is 30.7 Å². The van der Waals surface area contributed by atoms with E-state index in [1.54, 1.807) is 11.3 Å². The van der Waals surface area contributed by atoms with Gasteiger partial charge in [0.25, 0.3) is 0 Å². The van der Waals surface area contributed by atoms with Crippen LogP contribution in [0, 0.1) is 5.92 Å². The molecule has 27 heavy (non-hydrogen) atoms. The Morgan fingerprint density at radius 3 is 2.96 bits per heavy atom. The van der Waals surface area contributed by atoms with E-state index >= 15 is 0 Å². The first-order valence-corrected chi connectivity index (χ1v) is 10.4. The molecule has 1 aliphatic rings. The molecule has 140 valence electrons. The first-order chi connectivity index (χ1) is 13.3. The zero-order chi connectivity index (χ0) is 18.5. The number of benzene rings is 1. The molecule has 1 aliphatic heterocycles. The number of hydrogen-bond donors (Lipinski definition) is 0. The molecular formula is C21H23N3O2S. The van der Waals surface area contributed by atoms with E-state index in [0.29, 0.717) is 24.1 Å². The molecule has 3 heterocycles. The monoisotopic (exact) mass is 381 g/mol. The molecule has 1 unspecified atom stereocenters. The van der Waals surface area contributed by atoms with Crippen molar-refractivity contribution in [2.45, 2.75) is 32.1 Å². The van der Waals surface area contributed by atoms with Crippen molar-refractivity contribution in [3.05, 3.63) is 58.6 Å². The minimum atomic E-state index is 0.244. The molecular weight excluding hydrogens is 358 g/mol. The summed E-state index contributed by atoms with van der Waals surface area (Å²) in [5.74, 6) is 1.95. The smallest absolute Gasteiger partial charge is 0.227 e. The topological polar surface area (TPSA) is 59.2 Å². The molecule has 4 rings (SSSR count). The van der Waals surface area contributed by atoms with Crippen molar-refractivity contribution < 1.29 is 9.32 Å². The number of aromatic nitrogens is 2. The molecule has 5 nitrogen and oxygen atoms in total. The van der Waals surface area contributed by atoms with Crippen molar-refractivity contribution in [1.29, 1.82) is 0 Å². The number of carbonyl (C=O) groups excluding carboxylic acids is 1. The molecule has 3 aromatic rings. The van der Waals surface area contributed by atoms with Crippen LogP contribution < -0.4 is 0 Å². The number of carbonyl (C=O) groups is 1. The van der Waals surface area contributed by atoms with Crippen LogP contribution in [0.2, 0.25) is 0 Å². The molecule has 1 atom stereocenters. The average molecular weight is 382 g/mol. The lowest BCUT2D eigenvalue weighted by molar-refractivity contribution is -0.133. The lowest BCUT2D eigenvalue weighted by Crippen LogP contribution is -2.40. The summed E-state index contributed by atoms with van der Waals surface area (Å²) in [6, 6.07) is 12.2. The van der Waals surface area contributed by atoms with Crippen LogP contribution in [-0.2, 0) is 17.6 Å². The number of thiophene rings is 1. The summed E-state index contributed by atoms with van der Waals surface area (Å²) in [6.45, 7) is 1.64. The summed E-state index contributed by atoms with van der Waals surface area (Å²) in [6.07, 6.45) is 4.24. The summed E-state index contributed by atoms with van der Waals surface area (Å²) >= 11 is 1.62. The highest BCUT2D eigenvalue weighted by molar-refractivity contribution is 7.08. The van der Waals surface area contributed by atoms with Crippen molar-refractivity contribution in [1.82, 2.24) is 15.0 Å². The predicted molar refractivity (Wildman–Crippen MR) is 105 cm³/mol. The Labute approximate surface area is 163 Å². The van der Waals surface area contributed by atoms with Gasteiger partial charge >= 0.3 is 0 Å². The van der Waals surface area contributed by atoms with Crippen LogP contribution in [0.3, 0.4) is 0 Å². The molecule has 0 N–H and O–H groups in total. The summed E-state index contributed by atoms with van der Waals surface area (Å²) in [7, 11) is 0. The van der Waals surface area contributed by atoms with Gasteiger partial charge in [-0.1, -0.05) is 35.5 Å². The number of hydrogen-bond acceptors (Lipinski definition) is 5. The second-order valence-corrected chi connectivity index (χ2v) is 7.84. The Kier molecular flexibility index (Phi) is 5.63. The minimum absolute atomic E-state index is 0.244. The van der Waals surface area contributed by atoms with Gasteiger partial charge in [-0.25, -0.2) is 0 Å². The second kappa shape index (κ2) is 8.48. The van der Waals surface area contributed by atoms with Gasteiger partial charge in [-0.3, -0.25) is 4.79 Å². The van der Waals surface area contributed by atoms with Crippen molar-refractivity contribution in [2.24, 2.45) is 5.92 Å². The van der Waals surface area contributed by atoms with Gasteiger partial charge in [0, 0.05) is 36.9 Å². The van der Waals surface area contributed by atoms with Crippen molar-refractivity contribution in [3.63, 3.8) is 0 Å². The van der Waals surface area contributed by atoms with Gasteiger partial charge in [0.05, 0.1) is 0 Å². The zero-order valence-corrected chi connectivity index (χ0v) is 16.0. The lowest BCUT2D eigenvalue weighted by Gasteiger charge is -2.32. The van der Waals surface area contributed by atoms with Crippen molar-refractivity contribution >= 4 is 17.2 Å². The Morgan fingerprint density at radius 2 is 2.15 bits per heavy atom. The second-order valence-electron chi connectivity index (χ2n) is 7.06. The van der Waals surface area contributed by atoms with Gasteiger partial charge in [-0.05, 0) is 42.2 Å². The third-order valence-corrected chi connectivity index (χ3v) is 5.74. The average Bonchev–Trinajstić information content (AvgIpc) is 3.39. The lowest BCUT2D eigenvalue weighted by atomic mass is 9.94. The maximum atomic E-state index is 12.6. The van der Waals surface area contributed by atoms with Gasteiger partial charge < -0.3 is 9.42 Å². The van der Waals surface area contributed by atoms with E-state index in [2.05, 4.69) is 22.3 Å². The first kappa shape index (κ1) is 17.9. The van der Waals surface area contributed by atoms with Gasteiger partial charge in [0.15, 0.2) is 0 Å². The van der Waals surface area contributed by atoms with Crippen molar-refractivity contribution in [2.75, 3.05) is 13.1 Å². The van der Waals surface area contributed by atoms with Gasteiger partial charge in [0.2, 0.25) is 17.6 Å². The third-order valence-electron chi connectivity index (χ3n) is 5.05. The molecule has 0 saturated carbocycles. The fraction of sp³-hybridized carbons (Fsp3) is 0.381. The molecule has 1 fully saturated rings. The number of piperidine rings is 1. The Hall–Kier alpha value is -2.47. The van der Waals surface area contributed by atoms with E-state index in [1.165, 1.54) is 5.56 Å². The highest BCUT2D eigenvalue weighted by Gasteiger charge is 2.25. The Morgan fingerprint density at radius 1 is 1.26 bits per heavy atom. The number of likely N-dealkylation sites (tertiary alicyclic amines) is 1. The van der Waals surface area contributed by atoms with E-state index in [4.69, 9.17) is 4.52 Å². The molecule has 1 aromatic carbocycles. The van der Waals surface area contributed by atoms with Gasteiger partial charge in [-0.2, -0.15) is 16.3 Å². The summed E-state index contributed by atoms with van der Waals surface area (Å²) < 4.78 is 5.43. The van der Waals surface area contributed by atoms with Gasteiger partial charge in [0.1, 0.15) is 0 Å². The molecule has 0 bridgehead atoms. The van der Waals surface area contributed by atoms with Crippen LogP contribution in [-0.4, -0.2) is 34.0 Å². The largest absolute Gasteiger partial charge is 0.342 e. The highest BCUT2D eigenvalue weighted by Crippen LogP contribution is 2.23. The first-order valence-electron chi connectivity index (χ1n) is 9.45. The molecule has 6 heteroatoms. The minimum Gasteiger partial charge on any atom is -0.342 e. The Balaban J connectivity index is 1.31. The molecule has 1 saturated heterocycles. The van der Waals surface area contributed by atoms with E-state index in [9.17, 15) is 4.79 Å². The molecule has 1 amide bonds. The maximum Gasteiger partial charge on any atom is 0.227 e. The number of rotatable bonds is 6. The van der Waals surface area contributed by atoms with Gasteiger partial charge in [-0.15, -0.1) is 0 Å². The summed E-state index contributed by atoms with van der Waals surface area (Å²) in [5, 5.41) is 8.10. The quantitative estimate of drug-likeness (QED) is 0.642. The van der Waals surface area contributed by atoms with Crippen LogP contribution in [0.4, 0.5) is 0 Å². The van der Waals surface area contributed by atoms with E-state index < -0.39 is 0 Å². The fourth-order valence-electron chi connectivity index (χ4n) is 3.61. The summed E-state index contributed by atoms with van der Waals surface area (Å²) in [5.41, 5.74) is 2.21. The zero-order valence-electron chi connectivity index (χ0n) is 15.2. The SMILES string of the molecule is O=C(CCc1ccccc1)N1CCCC(Cc2nc(-c3ccsc3)no2)C1. The predicted octanol–water partition coefficient (Wildman–Crippen LogP) is 4.21. The van der Waals surface area contributed by atoms with Crippen LogP contribution in [0.15, 0.2) is 51.7 Å². The molecule has 0 aliphatic carbocycles. The third kappa shape index (κ3) is 4.63. The number of amides is 1. The fourth-order valence-corrected chi connectivity index (χ4v) is 4.24. The van der Waals surface area contributed by atoms with Crippen LogP contribution in [0.25, 0.3) is 11.4 Å². The maximum absolute atomic E-state index is 12.6.